The molecule has 0 amide bonds. The summed E-state index contributed by atoms with van der Waals surface area (Å²) in [7, 11) is 3.92. The topological polar surface area (TPSA) is 52.7 Å². The molecule has 0 aliphatic heterocycles. The first-order valence-corrected chi connectivity index (χ1v) is 8.08. The summed E-state index contributed by atoms with van der Waals surface area (Å²) in [5, 5.41) is 3.06. The summed E-state index contributed by atoms with van der Waals surface area (Å²) in [6, 6.07) is 5.29. The summed E-state index contributed by atoms with van der Waals surface area (Å²) in [6.45, 7) is 3.82. The third-order valence-corrected chi connectivity index (χ3v) is 5.11. The van der Waals surface area contributed by atoms with Gasteiger partial charge >= 0.3 is 0 Å². The minimum atomic E-state index is -3.41. The lowest BCUT2D eigenvalue weighted by atomic mass is 10.1. The number of nitrogens with zero attached hydrogens (tertiary/aromatic N) is 2. The van der Waals surface area contributed by atoms with Gasteiger partial charge in [-0.15, -0.1) is 0 Å². The molecule has 0 heterocycles. The average Bonchev–Trinajstić information content (AvgIpc) is 2.38. The van der Waals surface area contributed by atoms with E-state index in [1.807, 2.05) is 39.0 Å². The number of rotatable bonds is 7. The Morgan fingerprint density at radius 1 is 1.15 bits per heavy atom. The first kappa shape index (κ1) is 17.1. The molecular formula is C14H25N3O2S. The summed E-state index contributed by atoms with van der Waals surface area (Å²) < 4.78 is 26.4. The number of aryl methyl sites for hydroxylation is 1. The molecular weight excluding hydrogens is 274 g/mol. The van der Waals surface area contributed by atoms with Gasteiger partial charge in [-0.25, -0.2) is 8.42 Å². The van der Waals surface area contributed by atoms with E-state index in [4.69, 9.17) is 0 Å². The quantitative estimate of drug-likeness (QED) is 0.813. The molecule has 0 radical (unpaired) electrons. The fraction of sp³-hybridized carbons (Fsp3) is 0.571. The normalized spacial score (nSPS) is 12.3. The maximum atomic E-state index is 12.5. The molecule has 0 bridgehead atoms. The predicted octanol–water partition coefficient (Wildman–Crippen LogP) is 0.897. The molecule has 0 aromatic heterocycles. The van der Waals surface area contributed by atoms with Crippen molar-refractivity contribution in [3.05, 3.63) is 29.3 Å². The minimum Gasteiger partial charge on any atom is -0.316 e. The van der Waals surface area contributed by atoms with Gasteiger partial charge in [0.2, 0.25) is 10.0 Å². The van der Waals surface area contributed by atoms with Gasteiger partial charge in [0.25, 0.3) is 0 Å². The Hall–Kier alpha value is -0.950. The molecule has 1 aromatic carbocycles. The largest absolute Gasteiger partial charge is 0.316 e. The molecule has 1 N–H and O–H groups in total. The van der Waals surface area contributed by atoms with E-state index >= 15 is 0 Å². The third-order valence-electron chi connectivity index (χ3n) is 3.26. The lowest BCUT2D eigenvalue weighted by Gasteiger charge is -2.20. The van der Waals surface area contributed by atoms with Crippen LogP contribution in [0.15, 0.2) is 23.1 Å². The second-order valence-corrected chi connectivity index (χ2v) is 7.29. The molecule has 0 saturated heterocycles. The minimum absolute atomic E-state index is 0.356. The molecule has 1 aromatic rings. The Bertz CT molecular complexity index is 541. The standard InChI is InChI=1S/C14H25N3O2S/c1-12-6-7-14(10-13(12)11-15-2)20(18,19)17(5)9-8-16(3)4/h6-7,10,15H,8-9,11H2,1-5H3. The second kappa shape index (κ2) is 7.17. The summed E-state index contributed by atoms with van der Waals surface area (Å²) in [5.41, 5.74) is 2.10. The van der Waals surface area contributed by atoms with Crippen LogP contribution in [0.3, 0.4) is 0 Å². The number of hydrogen-bond acceptors (Lipinski definition) is 4. The van der Waals surface area contributed by atoms with Gasteiger partial charge in [0.1, 0.15) is 0 Å². The van der Waals surface area contributed by atoms with E-state index in [2.05, 4.69) is 5.32 Å². The number of likely N-dealkylation sites (N-methyl/N-ethyl adjacent to an activating group) is 2. The lowest BCUT2D eigenvalue weighted by Crippen LogP contribution is -2.33. The van der Waals surface area contributed by atoms with E-state index in [1.165, 1.54) is 4.31 Å². The molecule has 5 nitrogen and oxygen atoms in total. The van der Waals surface area contributed by atoms with Crippen molar-refractivity contribution in [1.29, 1.82) is 0 Å². The molecule has 0 saturated carbocycles. The maximum Gasteiger partial charge on any atom is 0.242 e. The summed E-state index contributed by atoms with van der Waals surface area (Å²) in [6.07, 6.45) is 0. The first-order valence-electron chi connectivity index (χ1n) is 6.64. The predicted molar refractivity (Wildman–Crippen MR) is 82.3 cm³/mol. The monoisotopic (exact) mass is 299 g/mol. The highest BCUT2D eigenvalue weighted by Crippen LogP contribution is 2.18. The van der Waals surface area contributed by atoms with Crippen molar-refractivity contribution in [1.82, 2.24) is 14.5 Å². The van der Waals surface area contributed by atoms with Crippen LogP contribution in [-0.4, -0.2) is 58.9 Å². The summed E-state index contributed by atoms with van der Waals surface area (Å²) in [5.74, 6) is 0. The maximum absolute atomic E-state index is 12.5. The Kier molecular flexibility index (Phi) is 6.13. The van der Waals surface area contributed by atoms with Crippen LogP contribution in [-0.2, 0) is 16.6 Å². The zero-order chi connectivity index (χ0) is 15.3. The van der Waals surface area contributed by atoms with Crippen LogP contribution in [0.25, 0.3) is 0 Å². The van der Waals surface area contributed by atoms with Gasteiger partial charge in [-0.1, -0.05) is 6.07 Å². The van der Waals surface area contributed by atoms with Crippen LogP contribution in [0.4, 0.5) is 0 Å². The fourth-order valence-electron chi connectivity index (χ4n) is 1.83. The Morgan fingerprint density at radius 2 is 1.80 bits per heavy atom. The molecule has 1 rings (SSSR count). The van der Waals surface area contributed by atoms with Crippen molar-refractivity contribution in [2.75, 3.05) is 41.3 Å². The van der Waals surface area contributed by atoms with Crippen molar-refractivity contribution in [2.45, 2.75) is 18.4 Å². The van der Waals surface area contributed by atoms with Gasteiger partial charge in [-0.2, -0.15) is 4.31 Å². The molecule has 20 heavy (non-hydrogen) atoms. The molecule has 6 heteroatoms. The smallest absolute Gasteiger partial charge is 0.242 e. The summed E-state index contributed by atoms with van der Waals surface area (Å²) in [4.78, 5) is 2.32. The van der Waals surface area contributed by atoms with Gasteiger partial charge in [0, 0.05) is 26.7 Å². The van der Waals surface area contributed by atoms with Crippen LogP contribution in [0.5, 0.6) is 0 Å². The van der Waals surface area contributed by atoms with E-state index < -0.39 is 10.0 Å². The van der Waals surface area contributed by atoms with Gasteiger partial charge in [-0.05, 0) is 51.3 Å². The number of hydrogen-bond donors (Lipinski definition) is 1. The zero-order valence-electron chi connectivity index (χ0n) is 13.0. The van der Waals surface area contributed by atoms with E-state index in [9.17, 15) is 8.42 Å². The number of benzene rings is 1. The highest BCUT2D eigenvalue weighted by Gasteiger charge is 2.21. The van der Waals surface area contributed by atoms with Crippen molar-refractivity contribution < 1.29 is 8.42 Å². The Balaban J connectivity index is 3.00. The summed E-state index contributed by atoms with van der Waals surface area (Å²) >= 11 is 0. The molecule has 0 atom stereocenters. The Morgan fingerprint density at radius 3 is 2.35 bits per heavy atom. The highest BCUT2D eigenvalue weighted by molar-refractivity contribution is 7.89. The molecule has 114 valence electrons. The van der Waals surface area contributed by atoms with Crippen LogP contribution < -0.4 is 5.32 Å². The Labute approximate surface area is 122 Å². The van der Waals surface area contributed by atoms with Crippen LogP contribution in [0.2, 0.25) is 0 Å². The SMILES string of the molecule is CNCc1cc(S(=O)(=O)N(C)CCN(C)C)ccc1C. The zero-order valence-corrected chi connectivity index (χ0v) is 13.8. The van der Waals surface area contributed by atoms with E-state index in [0.717, 1.165) is 11.1 Å². The first-order chi connectivity index (χ1) is 9.28. The highest BCUT2D eigenvalue weighted by atomic mass is 32.2. The molecule has 0 unspecified atom stereocenters. The van der Waals surface area contributed by atoms with Crippen molar-refractivity contribution in [3.8, 4) is 0 Å². The van der Waals surface area contributed by atoms with Crippen molar-refractivity contribution >= 4 is 10.0 Å². The molecule has 0 aliphatic rings. The van der Waals surface area contributed by atoms with Crippen molar-refractivity contribution in [3.63, 3.8) is 0 Å². The van der Waals surface area contributed by atoms with Gasteiger partial charge in [-0.3, -0.25) is 0 Å². The molecule has 0 aliphatic carbocycles. The second-order valence-electron chi connectivity index (χ2n) is 5.25. The van der Waals surface area contributed by atoms with Crippen LogP contribution in [0, 0.1) is 6.92 Å². The molecule has 0 fully saturated rings. The van der Waals surface area contributed by atoms with E-state index in [0.29, 0.717) is 24.5 Å². The van der Waals surface area contributed by atoms with Crippen LogP contribution in [0.1, 0.15) is 11.1 Å². The van der Waals surface area contributed by atoms with Gasteiger partial charge in [0.05, 0.1) is 4.90 Å². The number of nitrogens with one attached hydrogen (secondary N) is 1. The number of sulfonamides is 1. The van der Waals surface area contributed by atoms with Crippen LogP contribution >= 0.6 is 0 Å². The lowest BCUT2D eigenvalue weighted by molar-refractivity contribution is 0.358. The van der Waals surface area contributed by atoms with Gasteiger partial charge < -0.3 is 10.2 Å². The fourth-order valence-corrected chi connectivity index (χ4v) is 3.04. The molecule has 0 spiro atoms. The third kappa shape index (κ3) is 4.28. The van der Waals surface area contributed by atoms with Gasteiger partial charge in [0.15, 0.2) is 0 Å². The van der Waals surface area contributed by atoms with E-state index in [1.54, 1.807) is 19.2 Å². The van der Waals surface area contributed by atoms with E-state index in [-0.39, 0.29) is 0 Å². The van der Waals surface area contributed by atoms with Crippen molar-refractivity contribution in [2.24, 2.45) is 0 Å². The average molecular weight is 299 g/mol.